The lowest BCUT2D eigenvalue weighted by molar-refractivity contribution is -0.131. The van der Waals surface area contributed by atoms with Gasteiger partial charge in [0, 0.05) is 31.0 Å². The standard InChI is InChI=1S/C19H23NO4/c1-12-10-17(14(3)20(12)13(2)11-23-5)19(22)16-8-6-7-9-18(16)24-15(4)21/h6-10,13H,11H2,1-5H3. The molecule has 1 heterocycles. The maximum atomic E-state index is 13.0. The first-order valence-corrected chi connectivity index (χ1v) is 7.86. The quantitative estimate of drug-likeness (QED) is 0.462. The Labute approximate surface area is 142 Å². The summed E-state index contributed by atoms with van der Waals surface area (Å²) in [4.78, 5) is 24.2. The number of carbonyl (C=O) groups is 2. The van der Waals surface area contributed by atoms with Crippen molar-refractivity contribution < 1.29 is 19.1 Å². The lowest BCUT2D eigenvalue weighted by Crippen LogP contribution is -2.15. The molecule has 0 aliphatic carbocycles. The van der Waals surface area contributed by atoms with Gasteiger partial charge in [0.1, 0.15) is 5.75 Å². The molecule has 5 heteroatoms. The van der Waals surface area contributed by atoms with E-state index in [1.807, 2.05) is 26.8 Å². The molecule has 1 unspecified atom stereocenters. The van der Waals surface area contributed by atoms with Crippen molar-refractivity contribution in [2.45, 2.75) is 33.7 Å². The van der Waals surface area contributed by atoms with Gasteiger partial charge in [0.2, 0.25) is 0 Å². The Balaban J connectivity index is 2.45. The summed E-state index contributed by atoms with van der Waals surface area (Å²) in [5, 5.41) is 0. The van der Waals surface area contributed by atoms with Crippen molar-refractivity contribution in [2.75, 3.05) is 13.7 Å². The van der Waals surface area contributed by atoms with Gasteiger partial charge in [0.05, 0.1) is 18.2 Å². The lowest BCUT2D eigenvalue weighted by Gasteiger charge is -2.17. The highest BCUT2D eigenvalue weighted by molar-refractivity contribution is 6.11. The Morgan fingerprint density at radius 3 is 2.46 bits per heavy atom. The smallest absolute Gasteiger partial charge is 0.308 e. The van der Waals surface area contributed by atoms with E-state index in [2.05, 4.69) is 4.57 Å². The van der Waals surface area contributed by atoms with Crippen molar-refractivity contribution in [3.05, 3.63) is 52.8 Å². The number of ether oxygens (including phenoxy) is 2. The first-order chi connectivity index (χ1) is 11.4. The van der Waals surface area contributed by atoms with Crippen LogP contribution >= 0.6 is 0 Å². The zero-order valence-corrected chi connectivity index (χ0v) is 14.8. The average Bonchev–Trinajstić information content (AvgIpc) is 2.81. The number of rotatable bonds is 6. The van der Waals surface area contributed by atoms with Crippen LogP contribution in [0.25, 0.3) is 0 Å². The highest BCUT2D eigenvalue weighted by Gasteiger charge is 2.22. The number of para-hydroxylation sites is 1. The summed E-state index contributed by atoms with van der Waals surface area (Å²) in [5.74, 6) is -0.324. The van der Waals surface area contributed by atoms with Gasteiger partial charge in [-0.05, 0) is 39.0 Å². The van der Waals surface area contributed by atoms with Gasteiger partial charge in [-0.25, -0.2) is 0 Å². The van der Waals surface area contributed by atoms with Crippen LogP contribution in [0.1, 0.15) is 47.2 Å². The maximum Gasteiger partial charge on any atom is 0.308 e. The van der Waals surface area contributed by atoms with Crippen molar-refractivity contribution in [3.63, 3.8) is 0 Å². The number of aromatic nitrogens is 1. The SMILES string of the molecule is COCC(C)n1c(C)cc(C(=O)c2ccccc2OC(C)=O)c1C. The Kier molecular flexibility index (Phi) is 5.57. The molecule has 0 fully saturated rings. The number of esters is 1. The molecule has 2 aromatic rings. The van der Waals surface area contributed by atoms with Gasteiger partial charge in [-0.3, -0.25) is 9.59 Å². The summed E-state index contributed by atoms with van der Waals surface area (Å²) in [5.41, 5.74) is 2.85. The number of methoxy groups -OCH3 is 1. The molecule has 0 bridgehead atoms. The van der Waals surface area contributed by atoms with Gasteiger partial charge >= 0.3 is 5.97 Å². The van der Waals surface area contributed by atoms with E-state index in [9.17, 15) is 9.59 Å². The summed E-state index contributed by atoms with van der Waals surface area (Å²) in [6, 6.07) is 8.78. The van der Waals surface area contributed by atoms with Gasteiger partial charge in [-0.2, -0.15) is 0 Å². The molecule has 1 aromatic heterocycles. The molecule has 2 rings (SSSR count). The molecular weight excluding hydrogens is 306 g/mol. The molecule has 1 aromatic carbocycles. The second-order valence-electron chi connectivity index (χ2n) is 5.88. The molecule has 0 N–H and O–H groups in total. The number of benzene rings is 1. The normalized spacial score (nSPS) is 12.0. The van der Waals surface area contributed by atoms with E-state index in [1.54, 1.807) is 31.4 Å². The minimum Gasteiger partial charge on any atom is -0.426 e. The highest BCUT2D eigenvalue weighted by Crippen LogP contribution is 2.27. The number of carbonyl (C=O) groups excluding carboxylic acids is 2. The summed E-state index contributed by atoms with van der Waals surface area (Å²) < 4.78 is 12.5. The molecule has 0 saturated heterocycles. The molecule has 0 spiro atoms. The molecule has 0 saturated carbocycles. The molecular formula is C19H23NO4. The largest absolute Gasteiger partial charge is 0.426 e. The van der Waals surface area contributed by atoms with E-state index in [1.165, 1.54) is 6.92 Å². The zero-order valence-electron chi connectivity index (χ0n) is 14.8. The third kappa shape index (κ3) is 3.57. The van der Waals surface area contributed by atoms with Gasteiger partial charge in [0.15, 0.2) is 5.78 Å². The first-order valence-electron chi connectivity index (χ1n) is 7.86. The molecule has 0 radical (unpaired) electrons. The first kappa shape index (κ1) is 17.9. The Hall–Kier alpha value is -2.40. The molecule has 24 heavy (non-hydrogen) atoms. The van der Waals surface area contributed by atoms with E-state index in [4.69, 9.17) is 9.47 Å². The zero-order chi connectivity index (χ0) is 17.9. The molecule has 0 aliphatic heterocycles. The van der Waals surface area contributed by atoms with E-state index in [-0.39, 0.29) is 17.6 Å². The lowest BCUT2D eigenvalue weighted by atomic mass is 10.0. The minimum absolute atomic E-state index is 0.125. The second-order valence-corrected chi connectivity index (χ2v) is 5.88. The number of ketones is 1. The average molecular weight is 329 g/mol. The fourth-order valence-corrected chi connectivity index (χ4v) is 3.04. The number of nitrogens with zero attached hydrogens (tertiary/aromatic N) is 1. The summed E-state index contributed by atoms with van der Waals surface area (Å²) in [7, 11) is 1.66. The van der Waals surface area contributed by atoms with Crippen LogP contribution in [0, 0.1) is 13.8 Å². The predicted octanol–water partition coefficient (Wildman–Crippen LogP) is 3.47. The van der Waals surface area contributed by atoms with E-state index >= 15 is 0 Å². The third-order valence-electron chi connectivity index (χ3n) is 3.96. The van der Waals surface area contributed by atoms with Crippen molar-refractivity contribution in [1.29, 1.82) is 0 Å². The maximum absolute atomic E-state index is 13.0. The summed E-state index contributed by atoms with van der Waals surface area (Å²) in [6.45, 7) is 7.81. The summed E-state index contributed by atoms with van der Waals surface area (Å²) >= 11 is 0. The van der Waals surface area contributed by atoms with Crippen LogP contribution < -0.4 is 4.74 Å². The van der Waals surface area contributed by atoms with Gasteiger partial charge in [-0.1, -0.05) is 12.1 Å². The summed E-state index contributed by atoms with van der Waals surface area (Å²) in [6.07, 6.45) is 0. The Morgan fingerprint density at radius 1 is 1.17 bits per heavy atom. The topological polar surface area (TPSA) is 57.5 Å². The molecule has 5 nitrogen and oxygen atoms in total. The van der Waals surface area contributed by atoms with Crippen molar-refractivity contribution in [1.82, 2.24) is 4.57 Å². The van der Waals surface area contributed by atoms with Crippen LogP contribution in [-0.2, 0) is 9.53 Å². The fraction of sp³-hybridized carbons (Fsp3) is 0.368. The number of hydrogen-bond acceptors (Lipinski definition) is 4. The van der Waals surface area contributed by atoms with Gasteiger partial charge < -0.3 is 14.0 Å². The van der Waals surface area contributed by atoms with Crippen LogP contribution in [-0.4, -0.2) is 30.0 Å². The van der Waals surface area contributed by atoms with Crippen molar-refractivity contribution >= 4 is 11.8 Å². The van der Waals surface area contributed by atoms with Gasteiger partial charge in [0.25, 0.3) is 0 Å². The van der Waals surface area contributed by atoms with Crippen LogP contribution in [0.5, 0.6) is 5.75 Å². The second kappa shape index (κ2) is 7.45. The predicted molar refractivity (Wildman–Crippen MR) is 91.7 cm³/mol. The Morgan fingerprint density at radius 2 is 1.83 bits per heavy atom. The van der Waals surface area contributed by atoms with E-state index < -0.39 is 5.97 Å². The highest BCUT2D eigenvalue weighted by atomic mass is 16.5. The molecule has 0 aliphatic rings. The van der Waals surface area contributed by atoms with Gasteiger partial charge in [-0.15, -0.1) is 0 Å². The fourth-order valence-electron chi connectivity index (χ4n) is 3.04. The van der Waals surface area contributed by atoms with Crippen molar-refractivity contribution in [3.8, 4) is 5.75 Å². The number of hydrogen-bond donors (Lipinski definition) is 0. The number of aryl methyl sites for hydroxylation is 1. The molecule has 1 atom stereocenters. The third-order valence-corrected chi connectivity index (χ3v) is 3.96. The van der Waals surface area contributed by atoms with Crippen LogP contribution in [0.15, 0.2) is 30.3 Å². The van der Waals surface area contributed by atoms with Crippen molar-refractivity contribution in [2.24, 2.45) is 0 Å². The molecule has 0 amide bonds. The van der Waals surface area contributed by atoms with E-state index in [0.29, 0.717) is 17.7 Å². The molecule has 128 valence electrons. The van der Waals surface area contributed by atoms with Crippen LogP contribution in [0.2, 0.25) is 0 Å². The monoisotopic (exact) mass is 329 g/mol. The van der Waals surface area contributed by atoms with E-state index in [0.717, 1.165) is 11.4 Å². The Bertz CT molecular complexity index is 761. The van der Waals surface area contributed by atoms with Crippen LogP contribution in [0.4, 0.5) is 0 Å². The minimum atomic E-state index is -0.450. The van der Waals surface area contributed by atoms with Crippen LogP contribution in [0.3, 0.4) is 0 Å².